The van der Waals surface area contributed by atoms with Gasteiger partial charge in [-0.2, -0.15) is 0 Å². The van der Waals surface area contributed by atoms with Crippen LogP contribution in [0.3, 0.4) is 0 Å². The van der Waals surface area contributed by atoms with Gasteiger partial charge in [-0.15, -0.1) is 0 Å². The Morgan fingerprint density at radius 3 is 0.375 bits per heavy atom. The minimum absolute atomic E-state index is 0.645. The predicted octanol–water partition coefficient (Wildman–Crippen LogP) is 40.1. The zero-order valence-corrected chi connectivity index (χ0v) is 86.7. The van der Waals surface area contributed by atoms with E-state index in [1.165, 1.54) is 308 Å². The highest BCUT2D eigenvalue weighted by molar-refractivity contribution is 5.84. The number of carbonyl (C=O) groups excluding carboxylic acids is 2. The smallest absolute Gasteiger partial charge is 0.150 e. The van der Waals surface area contributed by atoms with Gasteiger partial charge in [-0.25, -0.2) is 0 Å². The molecule has 0 N–H and O–H groups in total. The van der Waals surface area contributed by atoms with E-state index >= 15 is 0 Å². The fraction of sp³-hybridized carbons (Fsp3) is 0.562. The van der Waals surface area contributed by atoms with Crippen LogP contribution >= 0.6 is 0 Å². The van der Waals surface area contributed by atoms with E-state index in [0.29, 0.717) is 50.8 Å². The molecular formula is C128H186O8. The normalized spacial score (nSPS) is 11.8. The molecule has 0 radical (unpaired) electrons. The van der Waals surface area contributed by atoms with Gasteiger partial charge in [0, 0.05) is 44.5 Å². The summed E-state index contributed by atoms with van der Waals surface area (Å²) in [5.41, 5.74) is 13.7. The monoisotopic (exact) mass is 1850 g/mol. The summed E-state index contributed by atoms with van der Waals surface area (Å²) in [4.78, 5) is 23.2. The molecule has 8 nitrogen and oxygen atoms in total. The molecule has 0 aromatic heterocycles. The first-order valence-electron chi connectivity index (χ1n) is 56.0. The molecule has 0 fully saturated rings. The van der Waals surface area contributed by atoms with Crippen LogP contribution in [-0.2, 0) is 0 Å². The molecular weight excluding hydrogens is 1670 g/mol. The maximum Gasteiger partial charge on any atom is 0.150 e. The Labute approximate surface area is 830 Å². The first kappa shape index (κ1) is 114. The topological polar surface area (TPSA) is 89.5 Å². The van der Waals surface area contributed by atoms with Crippen LogP contribution in [0.2, 0.25) is 0 Å². The minimum atomic E-state index is 0.645. The molecule has 0 spiro atoms. The third-order valence-corrected chi connectivity index (χ3v) is 26.7. The van der Waals surface area contributed by atoms with Crippen molar-refractivity contribution in [3.05, 3.63) is 211 Å². The quantitative estimate of drug-likeness (QED) is 0.0212. The largest absolute Gasteiger partial charge is 0.493 e. The van der Waals surface area contributed by atoms with Crippen molar-refractivity contribution >= 4 is 85.5 Å². The van der Waals surface area contributed by atoms with Crippen LogP contribution in [0.4, 0.5) is 0 Å². The predicted molar refractivity (Wildman–Crippen MR) is 593 cm³/mol. The highest BCUT2D eigenvalue weighted by atomic mass is 16.5. The van der Waals surface area contributed by atoms with Gasteiger partial charge in [-0.05, 0) is 108 Å². The van der Waals surface area contributed by atoms with Crippen LogP contribution in [0.5, 0.6) is 34.5 Å². The summed E-state index contributed by atoms with van der Waals surface area (Å²) >= 11 is 0. The van der Waals surface area contributed by atoms with Crippen molar-refractivity contribution in [3.63, 3.8) is 0 Å². The summed E-state index contributed by atoms with van der Waals surface area (Å²) < 4.78 is 41.2. The molecule has 7 aromatic rings. The molecule has 0 aliphatic heterocycles. The van der Waals surface area contributed by atoms with Crippen LogP contribution in [0.25, 0.3) is 72.9 Å². The van der Waals surface area contributed by atoms with Gasteiger partial charge in [0.25, 0.3) is 0 Å². The highest BCUT2D eigenvalue weighted by Crippen LogP contribution is 2.38. The summed E-state index contributed by atoms with van der Waals surface area (Å²) in [5.74, 6) is 5.11. The number of rotatable bonds is 86. The average molecular weight is 1850 g/mol. The Morgan fingerprint density at radius 1 is 0.147 bits per heavy atom. The first-order chi connectivity index (χ1) is 67.3. The number of carbonyl (C=O) groups is 2. The van der Waals surface area contributed by atoms with Crippen LogP contribution < -0.4 is 28.4 Å². The summed E-state index contributed by atoms with van der Waals surface area (Å²) in [7, 11) is 0. The number of hydrogen-bond donors (Lipinski definition) is 0. The van der Waals surface area contributed by atoms with Crippen molar-refractivity contribution in [2.75, 3.05) is 39.6 Å². The molecule has 0 heterocycles. The zero-order valence-electron chi connectivity index (χ0n) is 86.7. The molecule has 0 saturated heterocycles. The van der Waals surface area contributed by atoms with E-state index in [1.54, 1.807) is 0 Å². The van der Waals surface area contributed by atoms with Crippen molar-refractivity contribution in [3.8, 4) is 34.5 Å². The van der Waals surface area contributed by atoms with Crippen molar-refractivity contribution in [2.24, 2.45) is 0 Å². The standard InChI is InChI=1S/C128H186O8/c1-7-13-19-25-31-37-43-49-55-61-95-131-123-101-118(90-84-110-69-73-112(74-70-110)86-92-120-104-128(136-100-66-60-54-48-42-36-30-24-18-12-6)122(94-88-114-77-81-116(108-130)82-78-114)106-126(120)134-98-64-58-52-46-40-34-28-22-16-10-4)124(132-96-62-56-50-44-38-32-26-20-14-8-2)102-117(123)89-83-109-67-71-111(72-68-109)85-91-119-103-127(135-99-65-59-53-47-41-35-29-23-17-11-5)121(93-87-113-75-79-115(107-129)80-76-113)105-125(119)133-97-63-57-51-45-39-33-27-21-15-9-3/h67-94,101-108H,7-66,95-100H2,1-6H3/b89-83+,90-84+,91-85+,92-86+,93-87+,94-88+. The van der Waals surface area contributed by atoms with Crippen LogP contribution in [0.1, 0.15) is 514 Å². The van der Waals surface area contributed by atoms with Gasteiger partial charge in [0.15, 0.2) is 0 Å². The molecule has 0 aliphatic rings. The van der Waals surface area contributed by atoms with E-state index in [4.69, 9.17) is 28.4 Å². The van der Waals surface area contributed by atoms with Gasteiger partial charge in [-0.1, -0.05) is 558 Å². The number of hydrogen-bond acceptors (Lipinski definition) is 8. The maximum absolute atomic E-state index is 11.6. The lowest BCUT2D eigenvalue weighted by atomic mass is 10.0. The van der Waals surface area contributed by atoms with E-state index in [-0.39, 0.29) is 0 Å². The Morgan fingerprint density at radius 2 is 0.257 bits per heavy atom. The van der Waals surface area contributed by atoms with E-state index in [1.807, 2.05) is 48.5 Å². The second-order valence-electron chi connectivity index (χ2n) is 38.9. The fourth-order valence-electron chi connectivity index (χ4n) is 17.9. The number of ether oxygens (including phenoxy) is 6. The molecule has 0 amide bonds. The Hall–Kier alpha value is -8.88. The molecule has 8 heteroatoms. The number of aldehydes is 2. The van der Waals surface area contributed by atoms with Crippen molar-refractivity contribution in [2.45, 2.75) is 427 Å². The van der Waals surface area contributed by atoms with Crippen molar-refractivity contribution in [1.29, 1.82) is 0 Å². The molecule has 0 aliphatic carbocycles. The van der Waals surface area contributed by atoms with Gasteiger partial charge in [0.2, 0.25) is 0 Å². The van der Waals surface area contributed by atoms with Crippen LogP contribution in [0, 0.1) is 0 Å². The number of unbranched alkanes of at least 4 members (excludes halogenated alkanes) is 54. The van der Waals surface area contributed by atoms with Gasteiger partial charge < -0.3 is 28.4 Å². The first-order valence-corrected chi connectivity index (χ1v) is 56.0. The van der Waals surface area contributed by atoms with E-state index < -0.39 is 0 Å². The Balaban J connectivity index is 1.18. The SMILES string of the molecule is CCCCCCCCCCCCOc1cc(/C=C/c2ccc(/C=C/c3cc(OCCCCCCCCCCCC)c(/C=C/c4ccc(/C=C/c5cc(OCCCCCCCCCCCC)c(/C=C/c6ccc(C=O)cc6)cc5OCCCCCCCCCCCC)cc4)cc3OCCCCCCCCCCCC)cc2)c(OCCCCCCCCCCCC)cc1/C=C/c1ccc(C=O)cc1. The van der Waals surface area contributed by atoms with Gasteiger partial charge in [0.05, 0.1) is 39.6 Å². The molecule has 0 bridgehead atoms. The highest BCUT2D eigenvalue weighted by Gasteiger charge is 2.17. The van der Waals surface area contributed by atoms with E-state index in [0.717, 1.165) is 191 Å². The second-order valence-corrected chi connectivity index (χ2v) is 38.9. The lowest BCUT2D eigenvalue weighted by Crippen LogP contribution is -2.03. The summed E-state index contributed by atoms with van der Waals surface area (Å²) in [6.07, 6.45) is 104. The summed E-state index contributed by atoms with van der Waals surface area (Å²) in [6.45, 7) is 17.6. The van der Waals surface area contributed by atoms with E-state index in [2.05, 4.69) is 199 Å². The third-order valence-electron chi connectivity index (χ3n) is 26.7. The second kappa shape index (κ2) is 78.0. The lowest BCUT2D eigenvalue weighted by Gasteiger charge is -2.16. The van der Waals surface area contributed by atoms with Gasteiger partial charge in [-0.3, -0.25) is 9.59 Å². The lowest BCUT2D eigenvalue weighted by molar-refractivity contribution is 0.111. The van der Waals surface area contributed by atoms with Crippen molar-refractivity contribution in [1.82, 2.24) is 0 Å². The fourth-order valence-corrected chi connectivity index (χ4v) is 17.9. The third kappa shape index (κ3) is 52.8. The van der Waals surface area contributed by atoms with Crippen LogP contribution in [0.15, 0.2) is 133 Å². The molecule has 746 valence electrons. The van der Waals surface area contributed by atoms with Gasteiger partial charge in [0.1, 0.15) is 47.1 Å². The van der Waals surface area contributed by atoms with Gasteiger partial charge >= 0.3 is 0 Å². The zero-order chi connectivity index (χ0) is 95.9. The van der Waals surface area contributed by atoms with Crippen LogP contribution in [-0.4, -0.2) is 52.2 Å². The summed E-state index contributed by atoms with van der Waals surface area (Å²) in [5, 5.41) is 0. The van der Waals surface area contributed by atoms with Crippen molar-refractivity contribution < 1.29 is 38.0 Å². The maximum atomic E-state index is 11.6. The molecule has 0 unspecified atom stereocenters. The molecule has 136 heavy (non-hydrogen) atoms. The average Bonchev–Trinajstić information content (AvgIpc) is 0.827. The Kier molecular flexibility index (Phi) is 65.4. The van der Waals surface area contributed by atoms with E-state index in [9.17, 15) is 9.59 Å². The molecule has 0 atom stereocenters. The minimum Gasteiger partial charge on any atom is -0.493 e. The molecule has 7 rings (SSSR count). The number of benzene rings is 7. The molecule has 0 saturated carbocycles. The Bertz CT molecular complexity index is 4060. The molecule has 7 aromatic carbocycles. The summed E-state index contributed by atoms with van der Waals surface area (Å²) in [6, 6.07) is 46.4.